The first-order valence-electron chi connectivity index (χ1n) is 6.41. The Morgan fingerprint density at radius 3 is 2.63 bits per heavy atom. The molecule has 19 heavy (non-hydrogen) atoms. The minimum Gasteiger partial charge on any atom is -0.398 e. The molecule has 2 unspecified atom stereocenters. The maximum atomic E-state index is 12.5. The van der Waals surface area contributed by atoms with Gasteiger partial charge in [-0.05, 0) is 54.1 Å². The predicted octanol–water partition coefficient (Wildman–Crippen LogP) is 2.05. The molecule has 1 aromatic rings. The number of anilines is 1. The first kappa shape index (κ1) is 14.3. The molecule has 0 aliphatic carbocycles. The molecular formula is C14H20BrN3O. The Kier molecular flexibility index (Phi) is 4.16. The lowest BCUT2D eigenvalue weighted by molar-refractivity contribution is 0.0781. The van der Waals surface area contributed by atoms with Crippen molar-refractivity contribution in [1.82, 2.24) is 9.80 Å². The van der Waals surface area contributed by atoms with E-state index in [-0.39, 0.29) is 5.91 Å². The van der Waals surface area contributed by atoms with Crippen LogP contribution in [0.25, 0.3) is 0 Å². The molecule has 1 amide bonds. The summed E-state index contributed by atoms with van der Waals surface area (Å²) in [6.45, 7) is 3.79. The molecule has 2 atom stereocenters. The molecule has 0 radical (unpaired) electrons. The Balaban J connectivity index is 2.15. The van der Waals surface area contributed by atoms with Crippen molar-refractivity contribution in [2.45, 2.75) is 13.0 Å². The summed E-state index contributed by atoms with van der Waals surface area (Å²) >= 11 is 3.37. The molecule has 2 N–H and O–H groups in total. The van der Waals surface area contributed by atoms with Crippen LogP contribution in [0.5, 0.6) is 0 Å². The largest absolute Gasteiger partial charge is 0.398 e. The molecule has 1 fully saturated rings. The number of likely N-dealkylation sites (N-methyl/N-ethyl adjacent to an activating group) is 1. The monoisotopic (exact) mass is 325 g/mol. The Labute approximate surface area is 122 Å². The molecule has 5 heteroatoms. The molecule has 1 aliphatic heterocycles. The number of rotatable bonds is 2. The van der Waals surface area contributed by atoms with Crippen LogP contribution in [-0.2, 0) is 0 Å². The number of nitrogens with two attached hydrogens (primary N) is 1. The van der Waals surface area contributed by atoms with Crippen molar-refractivity contribution in [3.8, 4) is 0 Å². The standard InChI is InChI=1S/C14H20BrN3O/c1-9-7-18(8-13(9)17(2)3)14(19)10-4-5-12(16)11(15)6-10/h4-6,9,13H,7-8,16H2,1-3H3. The third-order valence-corrected chi connectivity index (χ3v) is 4.46. The lowest BCUT2D eigenvalue weighted by Gasteiger charge is -2.22. The van der Waals surface area contributed by atoms with Gasteiger partial charge in [0.05, 0.1) is 0 Å². The zero-order valence-electron chi connectivity index (χ0n) is 11.6. The summed E-state index contributed by atoms with van der Waals surface area (Å²) in [4.78, 5) is 16.6. The van der Waals surface area contributed by atoms with E-state index in [1.807, 2.05) is 4.90 Å². The molecule has 0 bridgehead atoms. The summed E-state index contributed by atoms with van der Waals surface area (Å²) in [5.41, 5.74) is 7.09. The van der Waals surface area contributed by atoms with Crippen molar-refractivity contribution in [1.29, 1.82) is 0 Å². The minimum absolute atomic E-state index is 0.0805. The van der Waals surface area contributed by atoms with Crippen LogP contribution >= 0.6 is 15.9 Å². The van der Waals surface area contributed by atoms with E-state index in [2.05, 4.69) is 41.8 Å². The third kappa shape index (κ3) is 2.92. The molecule has 4 nitrogen and oxygen atoms in total. The van der Waals surface area contributed by atoms with Gasteiger partial charge >= 0.3 is 0 Å². The van der Waals surface area contributed by atoms with Crippen LogP contribution in [0.4, 0.5) is 5.69 Å². The van der Waals surface area contributed by atoms with Gasteiger partial charge < -0.3 is 15.5 Å². The van der Waals surface area contributed by atoms with Crippen LogP contribution in [0.2, 0.25) is 0 Å². The predicted molar refractivity (Wildman–Crippen MR) is 81.1 cm³/mol. The van der Waals surface area contributed by atoms with Gasteiger partial charge in [-0.3, -0.25) is 4.79 Å². The summed E-state index contributed by atoms with van der Waals surface area (Å²) in [6, 6.07) is 5.78. The number of benzene rings is 1. The highest BCUT2D eigenvalue weighted by atomic mass is 79.9. The molecule has 2 rings (SSSR count). The third-order valence-electron chi connectivity index (χ3n) is 3.77. The van der Waals surface area contributed by atoms with E-state index in [9.17, 15) is 4.79 Å². The number of amides is 1. The van der Waals surface area contributed by atoms with Gasteiger partial charge in [-0.1, -0.05) is 6.92 Å². The van der Waals surface area contributed by atoms with E-state index in [0.717, 1.165) is 17.6 Å². The van der Waals surface area contributed by atoms with Gasteiger partial charge in [0.15, 0.2) is 0 Å². The maximum Gasteiger partial charge on any atom is 0.253 e. The van der Waals surface area contributed by atoms with Gasteiger partial charge in [-0.15, -0.1) is 0 Å². The van der Waals surface area contributed by atoms with Gasteiger partial charge in [0.1, 0.15) is 0 Å². The highest BCUT2D eigenvalue weighted by Crippen LogP contribution is 2.25. The molecule has 0 aromatic heterocycles. The SMILES string of the molecule is CC1CN(C(=O)c2ccc(N)c(Br)c2)CC1N(C)C. The van der Waals surface area contributed by atoms with Crippen molar-refractivity contribution in [3.63, 3.8) is 0 Å². The average Bonchev–Trinajstić information content (AvgIpc) is 2.74. The summed E-state index contributed by atoms with van der Waals surface area (Å²) in [5, 5.41) is 0. The molecular weight excluding hydrogens is 306 g/mol. The second-order valence-corrected chi connectivity index (χ2v) is 6.31. The summed E-state index contributed by atoms with van der Waals surface area (Å²) in [7, 11) is 4.13. The van der Waals surface area contributed by atoms with Crippen LogP contribution in [-0.4, -0.2) is 48.9 Å². The number of nitrogen functional groups attached to an aromatic ring is 1. The van der Waals surface area contributed by atoms with Crippen molar-refractivity contribution in [2.75, 3.05) is 32.9 Å². The minimum atomic E-state index is 0.0805. The second kappa shape index (κ2) is 5.51. The van der Waals surface area contributed by atoms with Gasteiger partial charge in [0, 0.05) is 34.9 Å². The van der Waals surface area contributed by atoms with Gasteiger partial charge in [0.25, 0.3) is 5.91 Å². The van der Waals surface area contributed by atoms with Crippen LogP contribution in [0, 0.1) is 5.92 Å². The molecule has 1 heterocycles. The van der Waals surface area contributed by atoms with Crippen LogP contribution < -0.4 is 5.73 Å². The highest BCUT2D eigenvalue weighted by molar-refractivity contribution is 9.10. The number of carbonyl (C=O) groups is 1. The average molecular weight is 326 g/mol. The highest BCUT2D eigenvalue weighted by Gasteiger charge is 2.33. The second-order valence-electron chi connectivity index (χ2n) is 5.45. The van der Waals surface area contributed by atoms with E-state index in [0.29, 0.717) is 23.2 Å². The first-order chi connectivity index (χ1) is 8.90. The summed E-state index contributed by atoms with van der Waals surface area (Å²) in [5.74, 6) is 0.577. The molecule has 104 valence electrons. The quantitative estimate of drug-likeness (QED) is 0.847. The number of carbonyl (C=O) groups excluding carboxylic acids is 1. The Bertz CT molecular complexity index is 490. The first-order valence-corrected chi connectivity index (χ1v) is 7.20. The van der Waals surface area contributed by atoms with Crippen molar-refractivity contribution in [3.05, 3.63) is 28.2 Å². The Morgan fingerprint density at radius 2 is 2.11 bits per heavy atom. The molecule has 1 aromatic carbocycles. The van der Waals surface area contributed by atoms with E-state index in [1.54, 1.807) is 18.2 Å². The lowest BCUT2D eigenvalue weighted by Crippen LogP contribution is -2.35. The fourth-order valence-corrected chi connectivity index (χ4v) is 3.01. The fourth-order valence-electron chi connectivity index (χ4n) is 2.63. The van der Waals surface area contributed by atoms with Crippen LogP contribution in [0.3, 0.4) is 0 Å². The number of likely N-dealkylation sites (tertiary alicyclic amines) is 1. The number of halogens is 1. The fraction of sp³-hybridized carbons (Fsp3) is 0.500. The van der Waals surface area contributed by atoms with E-state index in [4.69, 9.17) is 5.73 Å². The van der Waals surface area contributed by atoms with Crippen LogP contribution in [0.1, 0.15) is 17.3 Å². The number of nitrogens with zero attached hydrogens (tertiary/aromatic N) is 2. The van der Waals surface area contributed by atoms with Crippen molar-refractivity contribution >= 4 is 27.5 Å². The van der Waals surface area contributed by atoms with E-state index < -0.39 is 0 Å². The smallest absolute Gasteiger partial charge is 0.253 e. The zero-order chi connectivity index (χ0) is 14.2. The van der Waals surface area contributed by atoms with Crippen molar-refractivity contribution < 1.29 is 4.79 Å². The zero-order valence-corrected chi connectivity index (χ0v) is 13.1. The van der Waals surface area contributed by atoms with Gasteiger partial charge in [-0.2, -0.15) is 0 Å². The van der Waals surface area contributed by atoms with E-state index in [1.165, 1.54) is 0 Å². The van der Waals surface area contributed by atoms with Gasteiger partial charge in [-0.25, -0.2) is 0 Å². The normalized spacial score (nSPS) is 23.1. The molecule has 0 spiro atoms. The Hall–Kier alpha value is -1.07. The number of hydrogen-bond donors (Lipinski definition) is 1. The molecule has 1 aliphatic rings. The van der Waals surface area contributed by atoms with Gasteiger partial charge in [0.2, 0.25) is 0 Å². The topological polar surface area (TPSA) is 49.6 Å². The summed E-state index contributed by atoms with van der Waals surface area (Å²) < 4.78 is 0.773. The lowest BCUT2D eigenvalue weighted by atomic mass is 10.1. The Morgan fingerprint density at radius 1 is 1.42 bits per heavy atom. The van der Waals surface area contributed by atoms with Crippen molar-refractivity contribution in [2.24, 2.45) is 5.92 Å². The summed E-state index contributed by atoms with van der Waals surface area (Å²) in [6.07, 6.45) is 0. The maximum absolute atomic E-state index is 12.5. The number of hydrogen-bond acceptors (Lipinski definition) is 3. The molecule has 0 saturated carbocycles. The molecule has 1 saturated heterocycles. The van der Waals surface area contributed by atoms with Crippen LogP contribution in [0.15, 0.2) is 22.7 Å². The van der Waals surface area contributed by atoms with E-state index >= 15 is 0 Å².